The van der Waals surface area contributed by atoms with Crippen LogP contribution in [0.5, 0.6) is 0 Å². The Balaban J connectivity index is 1.27. The molecule has 168 valence electrons. The van der Waals surface area contributed by atoms with Crippen molar-refractivity contribution in [2.45, 2.75) is 44.6 Å². The van der Waals surface area contributed by atoms with Crippen molar-refractivity contribution in [3.63, 3.8) is 0 Å². The van der Waals surface area contributed by atoms with Crippen LogP contribution in [0.4, 0.5) is 5.82 Å². The molecule has 7 nitrogen and oxygen atoms in total. The second kappa shape index (κ2) is 8.90. The van der Waals surface area contributed by atoms with Gasteiger partial charge >= 0.3 is 0 Å². The van der Waals surface area contributed by atoms with Crippen molar-refractivity contribution in [1.29, 1.82) is 0 Å². The zero-order chi connectivity index (χ0) is 22.1. The number of nitrogens with zero attached hydrogens (tertiary/aromatic N) is 4. The third-order valence-electron chi connectivity index (χ3n) is 6.93. The lowest BCUT2D eigenvalue weighted by Gasteiger charge is -2.33. The van der Waals surface area contributed by atoms with Crippen LogP contribution in [0.1, 0.15) is 47.8 Å². The zero-order valence-electron chi connectivity index (χ0n) is 19.0. The fourth-order valence-corrected chi connectivity index (χ4v) is 5.11. The van der Waals surface area contributed by atoms with Gasteiger partial charge in [0, 0.05) is 74.6 Å². The van der Waals surface area contributed by atoms with Crippen LogP contribution in [0, 0.1) is 0 Å². The van der Waals surface area contributed by atoms with Gasteiger partial charge in [-0.1, -0.05) is 18.2 Å². The van der Waals surface area contributed by atoms with E-state index in [9.17, 15) is 4.79 Å². The molecule has 1 amide bonds. The Kier molecular flexibility index (Phi) is 5.83. The first-order valence-corrected chi connectivity index (χ1v) is 11.7. The molecule has 0 spiro atoms. The first kappa shape index (κ1) is 20.9. The molecule has 32 heavy (non-hydrogen) atoms. The van der Waals surface area contributed by atoms with E-state index in [1.165, 1.54) is 22.2 Å². The molecule has 0 aliphatic carbocycles. The average molecular weight is 433 g/mol. The summed E-state index contributed by atoms with van der Waals surface area (Å²) in [5, 5.41) is 4.49. The lowest BCUT2D eigenvalue weighted by molar-refractivity contribution is -0.132. The van der Waals surface area contributed by atoms with Gasteiger partial charge in [0.25, 0.3) is 0 Å². The fourth-order valence-electron chi connectivity index (χ4n) is 5.11. The SMILES string of the molecule is CNc1nc(C2CCCN(C(=O)CCc3c[nH]c4ccccc34)C2)nc2c1CN(C)CC2. The maximum atomic E-state index is 13.1. The molecule has 1 saturated heterocycles. The van der Waals surface area contributed by atoms with Crippen molar-refractivity contribution in [3.8, 4) is 0 Å². The number of aromatic amines is 1. The summed E-state index contributed by atoms with van der Waals surface area (Å²) < 4.78 is 0. The monoisotopic (exact) mass is 432 g/mol. The molecule has 4 heterocycles. The molecule has 5 rings (SSSR count). The van der Waals surface area contributed by atoms with Gasteiger partial charge in [0.15, 0.2) is 0 Å². The summed E-state index contributed by atoms with van der Waals surface area (Å²) in [5.41, 5.74) is 4.72. The number of nitrogens with one attached hydrogen (secondary N) is 2. The summed E-state index contributed by atoms with van der Waals surface area (Å²) in [4.78, 5) is 30.6. The van der Waals surface area contributed by atoms with Crippen LogP contribution in [0.15, 0.2) is 30.5 Å². The predicted molar refractivity (Wildman–Crippen MR) is 127 cm³/mol. The van der Waals surface area contributed by atoms with Gasteiger partial charge in [-0.2, -0.15) is 0 Å². The average Bonchev–Trinajstić information content (AvgIpc) is 3.25. The number of hydrogen-bond donors (Lipinski definition) is 2. The van der Waals surface area contributed by atoms with E-state index in [2.05, 4.69) is 34.4 Å². The summed E-state index contributed by atoms with van der Waals surface area (Å²) in [7, 11) is 4.07. The number of piperidine rings is 1. The van der Waals surface area contributed by atoms with Crippen molar-refractivity contribution in [2.75, 3.05) is 39.0 Å². The normalized spacial score (nSPS) is 19.2. The quantitative estimate of drug-likeness (QED) is 0.647. The summed E-state index contributed by atoms with van der Waals surface area (Å²) in [6.45, 7) is 3.46. The summed E-state index contributed by atoms with van der Waals surface area (Å²) >= 11 is 0. The molecule has 2 aliphatic heterocycles. The number of amides is 1. The second-order valence-corrected chi connectivity index (χ2v) is 9.13. The Hall–Kier alpha value is -2.93. The van der Waals surface area contributed by atoms with E-state index in [4.69, 9.17) is 9.97 Å². The van der Waals surface area contributed by atoms with Crippen LogP contribution < -0.4 is 5.32 Å². The van der Waals surface area contributed by atoms with Gasteiger partial charge in [0.05, 0.1) is 5.69 Å². The van der Waals surface area contributed by atoms with Crippen LogP contribution >= 0.6 is 0 Å². The molecule has 1 aromatic carbocycles. The third-order valence-corrected chi connectivity index (χ3v) is 6.93. The van der Waals surface area contributed by atoms with Gasteiger partial charge in [-0.3, -0.25) is 4.79 Å². The van der Waals surface area contributed by atoms with Gasteiger partial charge < -0.3 is 20.1 Å². The number of likely N-dealkylation sites (N-methyl/N-ethyl adjacent to an activating group) is 1. The number of benzene rings is 1. The number of H-pyrrole nitrogens is 1. The number of aromatic nitrogens is 3. The number of carbonyl (C=O) groups is 1. The molecule has 0 bridgehead atoms. The highest BCUT2D eigenvalue weighted by Crippen LogP contribution is 2.30. The Morgan fingerprint density at radius 2 is 2.12 bits per heavy atom. The molecule has 2 N–H and O–H groups in total. The fraction of sp³-hybridized carbons (Fsp3) is 0.480. The molecule has 0 saturated carbocycles. The number of fused-ring (bicyclic) bond motifs is 2. The van der Waals surface area contributed by atoms with Crippen molar-refractivity contribution < 1.29 is 4.79 Å². The molecular formula is C25H32N6O. The first-order valence-electron chi connectivity index (χ1n) is 11.7. The minimum atomic E-state index is 0.206. The van der Waals surface area contributed by atoms with Crippen molar-refractivity contribution in [3.05, 3.63) is 53.1 Å². The smallest absolute Gasteiger partial charge is 0.222 e. The van der Waals surface area contributed by atoms with Crippen molar-refractivity contribution in [2.24, 2.45) is 0 Å². The molecule has 1 fully saturated rings. The number of carbonyl (C=O) groups excluding carboxylic acids is 1. The Morgan fingerprint density at radius 3 is 3.00 bits per heavy atom. The largest absolute Gasteiger partial charge is 0.373 e. The van der Waals surface area contributed by atoms with Gasteiger partial charge in [0.1, 0.15) is 11.6 Å². The first-order chi connectivity index (χ1) is 15.6. The zero-order valence-corrected chi connectivity index (χ0v) is 19.0. The van der Waals surface area contributed by atoms with E-state index in [0.717, 1.165) is 62.5 Å². The van der Waals surface area contributed by atoms with Crippen molar-refractivity contribution in [1.82, 2.24) is 24.8 Å². The van der Waals surface area contributed by atoms with Crippen LogP contribution in [-0.4, -0.2) is 64.4 Å². The lowest BCUT2D eigenvalue weighted by atomic mass is 9.95. The van der Waals surface area contributed by atoms with Crippen molar-refractivity contribution >= 4 is 22.6 Å². The van der Waals surface area contributed by atoms with E-state index in [1.807, 2.05) is 30.3 Å². The Labute approximate surface area is 189 Å². The van der Waals surface area contributed by atoms with Gasteiger partial charge in [-0.05, 0) is 37.9 Å². The second-order valence-electron chi connectivity index (χ2n) is 9.13. The number of rotatable bonds is 5. The van der Waals surface area contributed by atoms with E-state index in [-0.39, 0.29) is 11.8 Å². The highest BCUT2D eigenvalue weighted by molar-refractivity contribution is 5.84. The Bertz CT molecular complexity index is 1110. The van der Waals surface area contributed by atoms with E-state index in [1.54, 1.807) is 0 Å². The maximum Gasteiger partial charge on any atom is 0.222 e. The molecule has 2 aromatic heterocycles. The molecular weight excluding hydrogens is 400 g/mol. The van der Waals surface area contributed by atoms with Crippen LogP contribution in [0.25, 0.3) is 10.9 Å². The molecule has 2 aliphatic rings. The molecule has 3 aromatic rings. The molecule has 1 atom stereocenters. The number of hydrogen-bond acceptors (Lipinski definition) is 5. The number of aryl methyl sites for hydroxylation is 1. The standard InChI is InChI=1S/C25H32N6O/c1-26-25-20-16-30(2)13-11-22(20)28-24(29-25)18-6-5-12-31(15-18)23(32)10-9-17-14-27-21-8-4-3-7-19(17)21/h3-4,7-8,14,18,27H,5-6,9-13,15-16H2,1-2H3,(H,26,28,29). The minimum Gasteiger partial charge on any atom is -0.373 e. The summed E-state index contributed by atoms with van der Waals surface area (Å²) in [6.07, 6.45) is 6.32. The number of para-hydroxylation sites is 1. The minimum absolute atomic E-state index is 0.206. The van der Waals surface area contributed by atoms with Crippen LogP contribution in [0.2, 0.25) is 0 Å². The van der Waals surface area contributed by atoms with Crippen LogP contribution in [-0.2, 0) is 24.2 Å². The predicted octanol–water partition coefficient (Wildman–Crippen LogP) is 3.33. The molecule has 1 unspecified atom stereocenters. The van der Waals surface area contributed by atoms with Gasteiger partial charge in [-0.25, -0.2) is 9.97 Å². The highest BCUT2D eigenvalue weighted by atomic mass is 16.2. The third kappa shape index (κ3) is 4.09. The topological polar surface area (TPSA) is 77.1 Å². The maximum absolute atomic E-state index is 13.1. The van der Waals surface area contributed by atoms with Crippen LogP contribution in [0.3, 0.4) is 0 Å². The summed E-state index contributed by atoms with van der Waals surface area (Å²) in [6, 6.07) is 8.27. The summed E-state index contributed by atoms with van der Waals surface area (Å²) in [5.74, 6) is 2.28. The molecule has 0 radical (unpaired) electrons. The Morgan fingerprint density at radius 1 is 1.25 bits per heavy atom. The number of likely N-dealkylation sites (tertiary alicyclic amines) is 1. The number of anilines is 1. The van der Waals surface area contributed by atoms with Gasteiger partial charge in [-0.15, -0.1) is 0 Å². The lowest BCUT2D eigenvalue weighted by Crippen LogP contribution is -2.40. The van der Waals surface area contributed by atoms with E-state index < -0.39 is 0 Å². The van der Waals surface area contributed by atoms with E-state index in [0.29, 0.717) is 13.0 Å². The van der Waals surface area contributed by atoms with Gasteiger partial charge in [0.2, 0.25) is 5.91 Å². The highest BCUT2D eigenvalue weighted by Gasteiger charge is 2.29. The van der Waals surface area contributed by atoms with E-state index >= 15 is 0 Å². The molecule has 7 heteroatoms.